The summed E-state index contributed by atoms with van der Waals surface area (Å²) >= 11 is 1.52. The van der Waals surface area contributed by atoms with Crippen molar-refractivity contribution >= 4 is 29.2 Å². The Morgan fingerprint density at radius 1 is 1.10 bits per heavy atom. The smallest absolute Gasteiger partial charge is 0.276 e. The third-order valence-corrected chi connectivity index (χ3v) is 3.22. The first-order valence-corrected chi connectivity index (χ1v) is 7.10. The highest BCUT2D eigenvalue weighted by atomic mass is 32.1. The molecule has 21 heavy (non-hydrogen) atoms. The van der Waals surface area contributed by atoms with Gasteiger partial charge in [-0.05, 0) is 29.7 Å². The van der Waals surface area contributed by atoms with E-state index in [2.05, 4.69) is 10.9 Å². The van der Waals surface area contributed by atoms with Crippen molar-refractivity contribution in [2.24, 2.45) is 0 Å². The van der Waals surface area contributed by atoms with Gasteiger partial charge >= 0.3 is 0 Å². The number of para-hydroxylation sites is 1. The number of hydrogen-bond acceptors (Lipinski definition) is 4. The summed E-state index contributed by atoms with van der Waals surface area (Å²) < 4.78 is 5.24. The number of nitrogens with one attached hydrogen (secondary N) is 2. The van der Waals surface area contributed by atoms with Crippen molar-refractivity contribution in [2.75, 3.05) is 6.61 Å². The molecule has 0 fully saturated rings. The number of benzene rings is 1. The molecule has 2 aromatic rings. The molecule has 2 rings (SSSR count). The van der Waals surface area contributed by atoms with E-state index in [9.17, 15) is 9.59 Å². The Balaban J connectivity index is 1.68. The van der Waals surface area contributed by atoms with Crippen LogP contribution in [0.25, 0.3) is 6.08 Å². The van der Waals surface area contributed by atoms with E-state index in [0.29, 0.717) is 5.75 Å². The van der Waals surface area contributed by atoms with Crippen LogP contribution < -0.4 is 15.6 Å². The lowest BCUT2D eigenvalue weighted by molar-refractivity contribution is -0.128. The Bertz CT molecular complexity index is 609. The molecule has 0 aliphatic rings. The van der Waals surface area contributed by atoms with E-state index in [0.717, 1.165) is 4.88 Å². The van der Waals surface area contributed by atoms with Gasteiger partial charge in [0.05, 0.1) is 0 Å². The minimum atomic E-state index is -0.434. The zero-order valence-corrected chi connectivity index (χ0v) is 11.9. The summed E-state index contributed by atoms with van der Waals surface area (Å²) in [6, 6.07) is 12.7. The van der Waals surface area contributed by atoms with Gasteiger partial charge in [0, 0.05) is 11.0 Å². The van der Waals surface area contributed by atoms with E-state index in [-0.39, 0.29) is 6.61 Å². The second-order valence-corrected chi connectivity index (χ2v) is 4.97. The molecule has 0 saturated carbocycles. The van der Waals surface area contributed by atoms with E-state index in [1.165, 1.54) is 17.4 Å². The maximum absolute atomic E-state index is 11.5. The Labute approximate surface area is 126 Å². The van der Waals surface area contributed by atoms with Crippen LogP contribution in [-0.2, 0) is 9.59 Å². The molecule has 5 nitrogen and oxygen atoms in total. The van der Waals surface area contributed by atoms with Gasteiger partial charge in [-0.25, -0.2) is 0 Å². The third kappa shape index (κ3) is 5.50. The van der Waals surface area contributed by atoms with Crippen LogP contribution in [0.1, 0.15) is 4.88 Å². The Hall–Kier alpha value is -2.60. The first-order valence-electron chi connectivity index (χ1n) is 6.22. The van der Waals surface area contributed by atoms with Crippen LogP contribution in [0.5, 0.6) is 5.75 Å². The zero-order chi connectivity index (χ0) is 14.9. The average molecular weight is 302 g/mol. The van der Waals surface area contributed by atoms with Crippen LogP contribution in [0.4, 0.5) is 0 Å². The van der Waals surface area contributed by atoms with Gasteiger partial charge in [0.15, 0.2) is 6.61 Å². The lowest BCUT2D eigenvalue weighted by Crippen LogP contribution is -2.43. The van der Waals surface area contributed by atoms with Crippen molar-refractivity contribution in [3.05, 3.63) is 58.8 Å². The monoisotopic (exact) mass is 302 g/mol. The Morgan fingerprint density at radius 2 is 1.90 bits per heavy atom. The average Bonchev–Trinajstić information content (AvgIpc) is 3.03. The molecule has 0 saturated heterocycles. The Kier molecular flexibility index (Phi) is 5.54. The van der Waals surface area contributed by atoms with E-state index >= 15 is 0 Å². The van der Waals surface area contributed by atoms with Crippen LogP contribution >= 0.6 is 11.3 Å². The standard InChI is InChI=1S/C15H14N2O3S/c18-14(9-8-13-7-4-10-21-13)16-17-15(19)11-20-12-5-2-1-3-6-12/h1-10H,11H2,(H,16,18)(H,17,19)/b9-8+. The van der Waals surface area contributed by atoms with E-state index in [1.54, 1.807) is 18.2 Å². The summed E-state index contributed by atoms with van der Waals surface area (Å²) in [5.74, 6) is -0.246. The largest absolute Gasteiger partial charge is 0.484 e. The number of ether oxygens (including phenoxy) is 1. The molecule has 1 aromatic heterocycles. The van der Waals surface area contributed by atoms with Crippen LogP contribution in [-0.4, -0.2) is 18.4 Å². The summed E-state index contributed by atoms with van der Waals surface area (Å²) in [7, 11) is 0. The highest BCUT2D eigenvalue weighted by Crippen LogP contribution is 2.09. The minimum Gasteiger partial charge on any atom is -0.484 e. The molecule has 1 heterocycles. The molecule has 2 N–H and O–H groups in total. The van der Waals surface area contributed by atoms with Crippen molar-refractivity contribution < 1.29 is 14.3 Å². The second-order valence-electron chi connectivity index (χ2n) is 3.99. The van der Waals surface area contributed by atoms with Crippen molar-refractivity contribution in [3.8, 4) is 5.75 Å². The molecule has 0 unspecified atom stereocenters. The van der Waals surface area contributed by atoms with Gasteiger partial charge in [0.1, 0.15) is 5.75 Å². The minimum absolute atomic E-state index is 0.168. The zero-order valence-electron chi connectivity index (χ0n) is 11.1. The molecule has 0 aliphatic heterocycles. The molecule has 108 valence electrons. The fourth-order valence-electron chi connectivity index (χ4n) is 1.42. The topological polar surface area (TPSA) is 67.4 Å². The van der Waals surface area contributed by atoms with Crippen molar-refractivity contribution in [2.45, 2.75) is 0 Å². The van der Waals surface area contributed by atoms with Crippen molar-refractivity contribution in [3.63, 3.8) is 0 Å². The van der Waals surface area contributed by atoms with E-state index < -0.39 is 11.8 Å². The van der Waals surface area contributed by atoms with Crippen molar-refractivity contribution in [1.82, 2.24) is 10.9 Å². The van der Waals surface area contributed by atoms with Gasteiger partial charge < -0.3 is 4.74 Å². The van der Waals surface area contributed by atoms with E-state index in [4.69, 9.17) is 4.74 Å². The summed E-state index contributed by atoms with van der Waals surface area (Å²) in [4.78, 5) is 23.9. The molecule has 0 aliphatic carbocycles. The maximum atomic E-state index is 11.5. The van der Waals surface area contributed by atoms with Crippen LogP contribution in [0.2, 0.25) is 0 Å². The quantitative estimate of drug-likeness (QED) is 0.655. The summed E-state index contributed by atoms with van der Waals surface area (Å²) in [6.07, 6.45) is 3.02. The lowest BCUT2D eigenvalue weighted by Gasteiger charge is -2.07. The number of carbonyl (C=O) groups excluding carboxylic acids is 2. The molecule has 6 heteroatoms. The van der Waals surface area contributed by atoms with Gasteiger partial charge in [0.25, 0.3) is 11.8 Å². The Morgan fingerprint density at radius 3 is 2.62 bits per heavy atom. The van der Waals surface area contributed by atoms with Crippen LogP contribution in [0, 0.1) is 0 Å². The van der Waals surface area contributed by atoms with Crippen LogP contribution in [0.3, 0.4) is 0 Å². The van der Waals surface area contributed by atoms with Gasteiger partial charge in [-0.15, -0.1) is 11.3 Å². The summed E-state index contributed by atoms with van der Waals surface area (Å²) in [5, 5.41) is 1.92. The molecule has 0 radical (unpaired) electrons. The number of carbonyl (C=O) groups is 2. The first-order chi connectivity index (χ1) is 10.2. The molecule has 1 aromatic carbocycles. The molecular weight excluding hydrogens is 288 g/mol. The number of hydrazine groups is 1. The lowest BCUT2D eigenvalue weighted by atomic mass is 10.3. The van der Waals surface area contributed by atoms with Gasteiger partial charge in [-0.2, -0.15) is 0 Å². The highest BCUT2D eigenvalue weighted by molar-refractivity contribution is 7.10. The normalized spacial score (nSPS) is 10.3. The second kappa shape index (κ2) is 7.86. The predicted molar refractivity (Wildman–Crippen MR) is 81.6 cm³/mol. The van der Waals surface area contributed by atoms with Gasteiger partial charge in [-0.3, -0.25) is 20.4 Å². The SMILES string of the molecule is O=C(/C=C/c1cccs1)NNC(=O)COc1ccccc1. The summed E-state index contributed by atoms with van der Waals surface area (Å²) in [6.45, 7) is -0.168. The summed E-state index contributed by atoms with van der Waals surface area (Å²) in [5.41, 5.74) is 4.55. The molecule has 0 spiro atoms. The van der Waals surface area contributed by atoms with Crippen LogP contribution in [0.15, 0.2) is 53.9 Å². The number of thiophene rings is 1. The number of rotatable bonds is 5. The molecule has 2 amide bonds. The highest BCUT2D eigenvalue weighted by Gasteiger charge is 2.03. The maximum Gasteiger partial charge on any atom is 0.276 e. The third-order valence-electron chi connectivity index (χ3n) is 2.38. The molecule has 0 atom stereocenters. The fourth-order valence-corrected chi connectivity index (χ4v) is 2.04. The first kappa shape index (κ1) is 14.8. The molecular formula is C15H14N2O3S. The number of hydrogen-bond donors (Lipinski definition) is 2. The molecule has 0 bridgehead atoms. The van der Waals surface area contributed by atoms with Crippen molar-refractivity contribution in [1.29, 1.82) is 0 Å². The van der Waals surface area contributed by atoms with Gasteiger partial charge in [0.2, 0.25) is 0 Å². The van der Waals surface area contributed by atoms with E-state index in [1.807, 2.05) is 35.7 Å². The number of amides is 2. The fraction of sp³-hybridized carbons (Fsp3) is 0.0667. The predicted octanol–water partition coefficient (Wildman–Crippen LogP) is 1.99. The van der Waals surface area contributed by atoms with Gasteiger partial charge in [-0.1, -0.05) is 24.3 Å².